The van der Waals surface area contributed by atoms with Crippen molar-refractivity contribution < 1.29 is 0 Å². The quantitative estimate of drug-likeness (QED) is 0.898. The molecule has 0 aromatic heterocycles. The summed E-state index contributed by atoms with van der Waals surface area (Å²) in [4.78, 5) is 2.48. The van der Waals surface area contributed by atoms with Crippen LogP contribution in [0, 0.1) is 17.2 Å². The van der Waals surface area contributed by atoms with Gasteiger partial charge in [-0.15, -0.1) is 0 Å². The Morgan fingerprint density at radius 3 is 2.79 bits per heavy atom. The van der Waals surface area contributed by atoms with Crippen LogP contribution in [0.4, 0.5) is 5.69 Å². The van der Waals surface area contributed by atoms with Gasteiger partial charge in [0.05, 0.1) is 11.3 Å². The summed E-state index contributed by atoms with van der Waals surface area (Å²) in [6.45, 7) is 3.38. The number of anilines is 1. The average Bonchev–Trinajstić information content (AvgIpc) is 3.30. The van der Waals surface area contributed by atoms with E-state index in [0.29, 0.717) is 6.04 Å². The van der Waals surface area contributed by atoms with Gasteiger partial charge in [-0.25, -0.2) is 0 Å². The molecule has 1 unspecified atom stereocenters. The van der Waals surface area contributed by atoms with E-state index < -0.39 is 0 Å². The van der Waals surface area contributed by atoms with Gasteiger partial charge in [-0.3, -0.25) is 0 Å². The van der Waals surface area contributed by atoms with Crippen molar-refractivity contribution in [3.8, 4) is 6.07 Å². The van der Waals surface area contributed by atoms with E-state index in [-0.39, 0.29) is 0 Å². The second kappa shape index (κ2) is 5.63. The first-order valence-corrected chi connectivity index (χ1v) is 7.35. The lowest BCUT2D eigenvalue weighted by Crippen LogP contribution is -2.39. The first-order chi connectivity index (χ1) is 9.38. The van der Waals surface area contributed by atoms with Crippen LogP contribution in [0.15, 0.2) is 24.3 Å². The number of hydrogen-bond acceptors (Lipinski definition) is 3. The van der Waals surface area contributed by atoms with Crippen LogP contribution in [0.5, 0.6) is 0 Å². The summed E-state index contributed by atoms with van der Waals surface area (Å²) in [7, 11) is 0. The molecule has 3 heteroatoms. The van der Waals surface area contributed by atoms with E-state index in [1.807, 2.05) is 18.2 Å². The zero-order valence-corrected chi connectivity index (χ0v) is 11.3. The lowest BCUT2D eigenvalue weighted by molar-refractivity contribution is 0.376. The number of hydrogen-bond donors (Lipinski definition) is 1. The molecule has 3 rings (SSSR count). The molecule has 1 saturated heterocycles. The van der Waals surface area contributed by atoms with E-state index in [0.717, 1.165) is 36.8 Å². The van der Waals surface area contributed by atoms with Gasteiger partial charge in [0, 0.05) is 12.6 Å². The third-order valence-electron chi connectivity index (χ3n) is 4.18. The van der Waals surface area contributed by atoms with Crippen LogP contribution in [-0.2, 0) is 0 Å². The standard InChI is InChI=1S/C16H21N3/c17-10-14-5-1-2-6-16(14)19(15-7-8-15)12-13-4-3-9-18-11-13/h1-2,5-6,13,15,18H,3-4,7-9,11-12H2. The smallest absolute Gasteiger partial charge is 0.101 e. The Bertz CT molecular complexity index is 467. The van der Waals surface area contributed by atoms with Crippen molar-refractivity contribution in [2.75, 3.05) is 24.5 Å². The minimum absolute atomic E-state index is 0.663. The minimum Gasteiger partial charge on any atom is -0.367 e. The van der Waals surface area contributed by atoms with Crippen molar-refractivity contribution >= 4 is 5.69 Å². The van der Waals surface area contributed by atoms with Gasteiger partial charge in [0.25, 0.3) is 0 Å². The number of piperidine rings is 1. The molecule has 2 aliphatic rings. The Hall–Kier alpha value is -1.53. The van der Waals surface area contributed by atoms with Gasteiger partial charge in [-0.1, -0.05) is 12.1 Å². The normalized spacial score (nSPS) is 22.8. The topological polar surface area (TPSA) is 39.1 Å². The third-order valence-corrected chi connectivity index (χ3v) is 4.18. The zero-order valence-electron chi connectivity index (χ0n) is 11.3. The molecule has 1 atom stereocenters. The Balaban J connectivity index is 1.78. The summed E-state index contributed by atoms with van der Waals surface area (Å²) in [6, 6.07) is 11.0. The number of rotatable bonds is 4. The number of benzene rings is 1. The Morgan fingerprint density at radius 2 is 2.11 bits per heavy atom. The van der Waals surface area contributed by atoms with E-state index in [4.69, 9.17) is 0 Å². The summed E-state index contributed by atoms with van der Waals surface area (Å²) in [5, 5.41) is 12.8. The van der Waals surface area contributed by atoms with Gasteiger partial charge in [-0.05, 0) is 56.8 Å². The summed E-state index contributed by atoms with van der Waals surface area (Å²) < 4.78 is 0. The van der Waals surface area contributed by atoms with E-state index >= 15 is 0 Å². The summed E-state index contributed by atoms with van der Waals surface area (Å²) >= 11 is 0. The number of nitrogens with zero attached hydrogens (tertiary/aromatic N) is 2. The maximum absolute atomic E-state index is 9.29. The molecule has 1 aliphatic heterocycles. The molecule has 100 valence electrons. The lowest BCUT2D eigenvalue weighted by Gasteiger charge is -2.32. The molecule has 0 amide bonds. The Labute approximate surface area is 115 Å². The number of para-hydroxylation sites is 1. The van der Waals surface area contributed by atoms with Crippen LogP contribution >= 0.6 is 0 Å². The predicted octanol–water partition coefficient (Wildman–Crippen LogP) is 2.53. The van der Waals surface area contributed by atoms with Crippen LogP contribution in [0.1, 0.15) is 31.2 Å². The third kappa shape index (κ3) is 2.90. The van der Waals surface area contributed by atoms with Crippen LogP contribution in [0.3, 0.4) is 0 Å². The van der Waals surface area contributed by atoms with Crippen LogP contribution in [0.25, 0.3) is 0 Å². The van der Waals surface area contributed by atoms with Crippen LogP contribution < -0.4 is 10.2 Å². The van der Waals surface area contributed by atoms with Gasteiger partial charge in [0.1, 0.15) is 6.07 Å². The molecule has 19 heavy (non-hydrogen) atoms. The molecule has 0 radical (unpaired) electrons. The van der Waals surface area contributed by atoms with E-state index in [9.17, 15) is 5.26 Å². The Morgan fingerprint density at radius 1 is 1.26 bits per heavy atom. The van der Waals surface area contributed by atoms with Crippen LogP contribution in [0.2, 0.25) is 0 Å². The molecule has 2 fully saturated rings. The highest BCUT2D eigenvalue weighted by Crippen LogP contribution is 2.34. The molecule has 1 aromatic carbocycles. The zero-order chi connectivity index (χ0) is 13.1. The second-order valence-corrected chi connectivity index (χ2v) is 5.72. The lowest BCUT2D eigenvalue weighted by atomic mass is 9.98. The molecular formula is C16H21N3. The largest absolute Gasteiger partial charge is 0.367 e. The van der Waals surface area contributed by atoms with Gasteiger partial charge >= 0.3 is 0 Å². The maximum Gasteiger partial charge on any atom is 0.101 e. The molecular weight excluding hydrogens is 234 g/mol. The maximum atomic E-state index is 9.29. The molecule has 0 spiro atoms. The first kappa shape index (κ1) is 12.5. The van der Waals surface area contributed by atoms with Crippen molar-refractivity contribution in [3.63, 3.8) is 0 Å². The predicted molar refractivity (Wildman–Crippen MR) is 77.1 cm³/mol. The fraction of sp³-hybridized carbons (Fsp3) is 0.562. The number of nitrogens with one attached hydrogen (secondary N) is 1. The fourth-order valence-corrected chi connectivity index (χ4v) is 3.01. The monoisotopic (exact) mass is 255 g/mol. The SMILES string of the molecule is N#Cc1ccccc1N(CC1CCCNC1)C1CC1. The summed E-state index contributed by atoms with van der Waals surface area (Å²) in [5.41, 5.74) is 1.95. The van der Waals surface area contributed by atoms with E-state index in [1.54, 1.807) is 0 Å². The molecule has 1 N–H and O–H groups in total. The van der Waals surface area contributed by atoms with Crippen molar-refractivity contribution in [1.82, 2.24) is 5.32 Å². The average molecular weight is 255 g/mol. The van der Waals surface area contributed by atoms with E-state index in [2.05, 4.69) is 22.4 Å². The summed E-state index contributed by atoms with van der Waals surface area (Å²) in [5.74, 6) is 0.723. The minimum atomic E-state index is 0.663. The molecule has 1 aromatic rings. The van der Waals surface area contributed by atoms with Crippen molar-refractivity contribution in [2.24, 2.45) is 5.92 Å². The Kier molecular flexibility index (Phi) is 3.70. The molecule has 0 bridgehead atoms. The second-order valence-electron chi connectivity index (χ2n) is 5.72. The molecule has 1 saturated carbocycles. The highest BCUT2D eigenvalue weighted by molar-refractivity contribution is 5.60. The fourth-order valence-electron chi connectivity index (χ4n) is 3.01. The van der Waals surface area contributed by atoms with Crippen molar-refractivity contribution in [1.29, 1.82) is 5.26 Å². The van der Waals surface area contributed by atoms with E-state index in [1.165, 1.54) is 25.7 Å². The van der Waals surface area contributed by atoms with Gasteiger partial charge < -0.3 is 10.2 Å². The molecule has 1 heterocycles. The van der Waals surface area contributed by atoms with Gasteiger partial charge in [0.15, 0.2) is 0 Å². The highest BCUT2D eigenvalue weighted by Gasteiger charge is 2.32. The van der Waals surface area contributed by atoms with Crippen LogP contribution in [-0.4, -0.2) is 25.7 Å². The first-order valence-electron chi connectivity index (χ1n) is 7.35. The summed E-state index contributed by atoms with van der Waals surface area (Å²) in [6.07, 6.45) is 5.15. The molecule has 1 aliphatic carbocycles. The van der Waals surface area contributed by atoms with Crippen molar-refractivity contribution in [3.05, 3.63) is 29.8 Å². The number of nitriles is 1. The van der Waals surface area contributed by atoms with Gasteiger partial charge in [-0.2, -0.15) is 5.26 Å². The van der Waals surface area contributed by atoms with Gasteiger partial charge in [0.2, 0.25) is 0 Å². The van der Waals surface area contributed by atoms with Crippen molar-refractivity contribution in [2.45, 2.75) is 31.7 Å². The molecule has 3 nitrogen and oxygen atoms in total. The highest BCUT2D eigenvalue weighted by atomic mass is 15.2.